The molecule has 1 nitrogen and oxygen atoms in total. The molecule has 0 radical (unpaired) electrons. The first kappa shape index (κ1) is 8.17. The second kappa shape index (κ2) is 3.50. The van der Waals surface area contributed by atoms with Gasteiger partial charge in [-0.25, -0.2) is 0 Å². The van der Waals surface area contributed by atoms with Crippen molar-refractivity contribution in [3.05, 3.63) is 59.6 Å². The average Bonchev–Trinajstić information content (AvgIpc) is 2.77. The summed E-state index contributed by atoms with van der Waals surface area (Å²) in [6.45, 7) is 0. The van der Waals surface area contributed by atoms with Crippen molar-refractivity contribution in [2.45, 2.75) is 0 Å². The zero-order valence-electron chi connectivity index (χ0n) is 11.3. The fourth-order valence-electron chi connectivity index (χ4n) is 2.36. The van der Waals surface area contributed by atoms with Gasteiger partial charge >= 0.3 is 0 Å². The third-order valence-corrected chi connectivity index (χ3v) is 3.35. The smallest absolute Gasteiger partial charge is 0.136 e. The Hall–Kier alpha value is -1.99. The van der Waals surface area contributed by atoms with Crippen LogP contribution in [0.2, 0.25) is 5.02 Å². The van der Waals surface area contributed by atoms with Crippen molar-refractivity contribution in [1.82, 2.24) is 0 Å². The van der Waals surface area contributed by atoms with Crippen LogP contribution in [-0.4, -0.2) is 0 Å². The molecule has 0 fully saturated rings. The van der Waals surface area contributed by atoms with Gasteiger partial charge in [0.1, 0.15) is 11.2 Å². The molecule has 1 heterocycles. The molecule has 0 aliphatic heterocycles. The Balaban J connectivity index is 2.38. The van der Waals surface area contributed by atoms with Gasteiger partial charge in [0.15, 0.2) is 0 Å². The maximum absolute atomic E-state index is 8.18. The summed E-state index contributed by atoms with van der Waals surface area (Å²) in [7, 11) is 0. The molecule has 3 aromatic carbocycles. The first-order chi connectivity index (χ1) is 9.65. The van der Waals surface area contributed by atoms with E-state index in [0.717, 1.165) is 21.5 Å². The van der Waals surface area contributed by atoms with Crippen molar-refractivity contribution in [3.8, 4) is 0 Å². The Morgan fingerprint density at radius 2 is 1.89 bits per heavy atom. The molecular weight excluding hydrogens is 244 g/mol. The minimum atomic E-state index is 0.351. The molecule has 2 heteroatoms. The molecule has 0 unspecified atom stereocenters. The third kappa shape index (κ3) is 1.28. The van der Waals surface area contributed by atoms with E-state index in [1.165, 1.54) is 0 Å². The van der Waals surface area contributed by atoms with Crippen LogP contribution in [0.4, 0.5) is 0 Å². The topological polar surface area (TPSA) is 13.1 Å². The molecule has 0 bridgehead atoms. The average molecular weight is 255 g/mol. The minimum Gasteiger partial charge on any atom is -0.456 e. The molecule has 0 aliphatic rings. The predicted octanol–water partition coefficient (Wildman–Crippen LogP) is 5.39. The second-order valence-corrected chi connectivity index (χ2v) is 4.67. The maximum Gasteiger partial charge on any atom is 0.136 e. The molecule has 0 spiro atoms. The number of rotatable bonds is 0. The quantitative estimate of drug-likeness (QED) is 0.410. The highest BCUT2D eigenvalue weighted by atomic mass is 35.5. The first-order valence-corrected chi connectivity index (χ1v) is 6.03. The molecule has 86 valence electrons. The SMILES string of the molecule is [2H]c1cc(Cl)cc2ccc3oc4cccc([2H])c4c3c12. The molecule has 4 rings (SSSR count). The summed E-state index contributed by atoms with van der Waals surface area (Å²) in [6, 6.07) is 13.4. The Bertz CT molecular complexity index is 988. The molecule has 1 aromatic heterocycles. The number of halogens is 1. The standard InChI is InChI=1S/C16H9ClO/c17-11-6-7-12-10(9-11)5-8-15-16(12)13-3-1-2-4-14(13)18-15/h1-9H/i3D,7D. The number of benzene rings is 3. The van der Waals surface area contributed by atoms with E-state index in [9.17, 15) is 0 Å². The Kier molecular flexibility index (Phi) is 1.59. The van der Waals surface area contributed by atoms with Crippen molar-refractivity contribution in [1.29, 1.82) is 0 Å². The Morgan fingerprint density at radius 3 is 2.83 bits per heavy atom. The lowest BCUT2D eigenvalue weighted by atomic mass is 10.0. The lowest BCUT2D eigenvalue weighted by Crippen LogP contribution is -1.74. The van der Waals surface area contributed by atoms with Crippen LogP contribution in [0.1, 0.15) is 2.74 Å². The molecule has 0 amide bonds. The highest BCUT2D eigenvalue weighted by Crippen LogP contribution is 2.35. The highest BCUT2D eigenvalue weighted by molar-refractivity contribution is 6.32. The van der Waals surface area contributed by atoms with E-state index in [1.54, 1.807) is 18.2 Å². The van der Waals surface area contributed by atoms with E-state index >= 15 is 0 Å². The molecule has 18 heavy (non-hydrogen) atoms. The largest absolute Gasteiger partial charge is 0.456 e. The number of hydrogen-bond donors (Lipinski definition) is 0. The summed E-state index contributed by atoms with van der Waals surface area (Å²) in [4.78, 5) is 0. The third-order valence-electron chi connectivity index (χ3n) is 3.13. The van der Waals surface area contributed by atoms with Gasteiger partial charge in [0.05, 0.1) is 2.74 Å². The Morgan fingerprint density at radius 1 is 0.944 bits per heavy atom. The van der Waals surface area contributed by atoms with Crippen molar-refractivity contribution in [2.75, 3.05) is 0 Å². The highest BCUT2D eigenvalue weighted by Gasteiger charge is 2.09. The Labute approximate surface area is 111 Å². The van der Waals surface area contributed by atoms with Crippen LogP contribution in [0.15, 0.2) is 59.0 Å². The monoisotopic (exact) mass is 254 g/mol. The van der Waals surface area contributed by atoms with E-state index in [4.69, 9.17) is 18.8 Å². The zero-order valence-corrected chi connectivity index (χ0v) is 10.1. The van der Waals surface area contributed by atoms with Gasteiger partial charge in [-0.2, -0.15) is 0 Å². The van der Waals surface area contributed by atoms with Crippen molar-refractivity contribution in [2.24, 2.45) is 0 Å². The van der Waals surface area contributed by atoms with Gasteiger partial charge < -0.3 is 4.42 Å². The second-order valence-electron chi connectivity index (χ2n) is 4.23. The molecular formula is C16H9ClO. The van der Waals surface area contributed by atoms with Gasteiger partial charge in [0.2, 0.25) is 0 Å². The van der Waals surface area contributed by atoms with Crippen LogP contribution in [-0.2, 0) is 0 Å². The molecule has 0 aliphatic carbocycles. The van der Waals surface area contributed by atoms with Crippen LogP contribution in [0, 0.1) is 0 Å². The van der Waals surface area contributed by atoms with Crippen molar-refractivity contribution < 1.29 is 7.16 Å². The van der Waals surface area contributed by atoms with Gasteiger partial charge in [0, 0.05) is 15.8 Å². The van der Waals surface area contributed by atoms with Gasteiger partial charge in [-0.15, -0.1) is 0 Å². The van der Waals surface area contributed by atoms with Crippen molar-refractivity contribution >= 4 is 44.3 Å². The van der Waals surface area contributed by atoms with E-state index < -0.39 is 0 Å². The maximum atomic E-state index is 8.18. The van der Waals surface area contributed by atoms with Crippen LogP contribution >= 0.6 is 11.6 Å². The van der Waals surface area contributed by atoms with E-state index in [1.807, 2.05) is 24.3 Å². The summed E-state index contributed by atoms with van der Waals surface area (Å²) >= 11 is 6.02. The van der Waals surface area contributed by atoms with E-state index in [0.29, 0.717) is 28.3 Å². The summed E-state index contributed by atoms with van der Waals surface area (Å²) < 4.78 is 22.1. The summed E-state index contributed by atoms with van der Waals surface area (Å²) in [5, 5.41) is 3.79. The minimum absolute atomic E-state index is 0.351. The molecule has 0 saturated carbocycles. The molecule has 0 atom stereocenters. The normalized spacial score (nSPS) is 13.2. The fraction of sp³-hybridized carbons (Fsp3) is 0. The van der Waals surface area contributed by atoms with Crippen LogP contribution in [0.25, 0.3) is 32.7 Å². The number of hydrogen-bond acceptors (Lipinski definition) is 1. The van der Waals surface area contributed by atoms with E-state index in [-0.39, 0.29) is 0 Å². The first-order valence-electron chi connectivity index (χ1n) is 6.66. The van der Waals surface area contributed by atoms with Crippen LogP contribution < -0.4 is 0 Å². The number of para-hydroxylation sites is 1. The summed E-state index contributed by atoms with van der Waals surface area (Å²) in [5.74, 6) is 0. The molecule has 0 saturated heterocycles. The summed E-state index contributed by atoms with van der Waals surface area (Å²) in [5.41, 5.74) is 1.37. The number of furan rings is 1. The van der Waals surface area contributed by atoms with Crippen LogP contribution in [0.5, 0.6) is 0 Å². The molecule has 0 N–H and O–H groups in total. The fourth-order valence-corrected chi connectivity index (χ4v) is 2.53. The van der Waals surface area contributed by atoms with Gasteiger partial charge in [-0.3, -0.25) is 0 Å². The number of fused-ring (bicyclic) bond motifs is 5. The van der Waals surface area contributed by atoms with Gasteiger partial charge in [-0.05, 0) is 35.0 Å². The van der Waals surface area contributed by atoms with Gasteiger partial charge in [0.25, 0.3) is 0 Å². The lowest BCUT2D eigenvalue weighted by molar-refractivity contribution is 0.669. The van der Waals surface area contributed by atoms with Crippen LogP contribution in [0.3, 0.4) is 0 Å². The van der Waals surface area contributed by atoms with Crippen molar-refractivity contribution in [3.63, 3.8) is 0 Å². The lowest BCUT2D eigenvalue weighted by Gasteiger charge is -2.00. The van der Waals surface area contributed by atoms with Gasteiger partial charge in [-0.1, -0.05) is 41.9 Å². The predicted molar refractivity (Wildman–Crippen MR) is 76.2 cm³/mol. The van der Waals surface area contributed by atoms with E-state index in [2.05, 4.69) is 0 Å². The molecule has 4 aromatic rings. The summed E-state index contributed by atoms with van der Waals surface area (Å²) in [6.07, 6.45) is 0. The zero-order chi connectivity index (χ0) is 13.9.